The molecule has 1 saturated heterocycles. The molecule has 1 heterocycles. The van der Waals surface area contributed by atoms with Crippen LogP contribution in [0.2, 0.25) is 0 Å². The summed E-state index contributed by atoms with van der Waals surface area (Å²) in [5, 5.41) is 0. The van der Waals surface area contributed by atoms with Crippen LogP contribution in [0.15, 0.2) is 35.9 Å². The molecule has 0 radical (unpaired) electrons. The molecule has 0 aliphatic carbocycles. The highest BCUT2D eigenvalue weighted by atomic mass is 16.1. The standard InChI is InChI=1S/C15H19NO/c1-13(11-14-5-3-2-4-6-14)12-16-9-7-15(17)8-10-16/h2-6,11H,7-10,12H2,1H3/b13-11+. The van der Waals surface area contributed by atoms with E-state index in [9.17, 15) is 4.79 Å². The minimum atomic E-state index is 0.408. The van der Waals surface area contributed by atoms with Crippen LogP contribution >= 0.6 is 0 Å². The fourth-order valence-corrected chi connectivity index (χ4v) is 2.19. The van der Waals surface area contributed by atoms with Crippen LogP contribution in [-0.2, 0) is 4.79 Å². The fraction of sp³-hybridized carbons (Fsp3) is 0.400. The van der Waals surface area contributed by atoms with E-state index in [4.69, 9.17) is 0 Å². The molecule has 1 aliphatic rings. The number of likely N-dealkylation sites (tertiary alicyclic amines) is 1. The monoisotopic (exact) mass is 229 g/mol. The maximum absolute atomic E-state index is 11.1. The predicted octanol–water partition coefficient (Wildman–Crippen LogP) is 2.75. The maximum Gasteiger partial charge on any atom is 0.135 e. The minimum Gasteiger partial charge on any atom is -0.300 e. The van der Waals surface area contributed by atoms with Crippen molar-refractivity contribution in [3.63, 3.8) is 0 Å². The SMILES string of the molecule is C/C(=C\c1ccccc1)CN1CCC(=O)CC1. The van der Waals surface area contributed by atoms with Crippen molar-refractivity contribution >= 4 is 11.9 Å². The molecule has 0 spiro atoms. The summed E-state index contributed by atoms with van der Waals surface area (Å²) in [6.07, 6.45) is 3.66. The van der Waals surface area contributed by atoms with Gasteiger partial charge in [0.1, 0.15) is 5.78 Å². The van der Waals surface area contributed by atoms with E-state index in [1.54, 1.807) is 0 Å². The van der Waals surface area contributed by atoms with Crippen molar-refractivity contribution in [2.24, 2.45) is 0 Å². The van der Waals surface area contributed by atoms with Crippen molar-refractivity contribution in [2.45, 2.75) is 19.8 Å². The minimum absolute atomic E-state index is 0.408. The summed E-state index contributed by atoms with van der Waals surface area (Å²) >= 11 is 0. The Labute approximate surface area is 103 Å². The Balaban J connectivity index is 1.90. The zero-order valence-electron chi connectivity index (χ0n) is 10.4. The van der Waals surface area contributed by atoms with Crippen molar-refractivity contribution in [1.29, 1.82) is 0 Å². The third kappa shape index (κ3) is 3.82. The summed E-state index contributed by atoms with van der Waals surface area (Å²) in [7, 11) is 0. The van der Waals surface area contributed by atoms with E-state index in [0.717, 1.165) is 32.5 Å². The molecule has 1 aromatic carbocycles. The number of Topliss-reactive ketones (excluding diaryl/α,β-unsaturated/α-hetero) is 1. The average molecular weight is 229 g/mol. The molecule has 1 aromatic rings. The number of piperidine rings is 1. The van der Waals surface area contributed by atoms with Crippen molar-refractivity contribution in [1.82, 2.24) is 4.90 Å². The van der Waals surface area contributed by atoms with E-state index in [1.165, 1.54) is 11.1 Å². The van der Waals surface area contributed by atoms with Crippen molar-refractivity contribution < 1.29 is 4.79 Å². The lowest BCUT2D eigenvalue weighted by molar-refractivity contribution is -0.121. The summed E-state index contributed by atoms with van der Waals surface area (Å²) in [4.78, 5) is 13.5. The highest BCUT2D eigenvalue weighted by Crippen LogP contribution is 2.11. The molecule has 0 unspecified atom stereocenters. The number of carbonyl (C=O) groups excluding carboxylic acids is 1. The number of ketones is 1. The maximum atomic E-state index is 11.1. The lowest BCUT2D eigenvalue weighted by Gasteiger charge is -2.25. The molecule has 0 bridgehead atoms. The molecule has 0 amide bonds. The molecular formula is C15H19NO. The van der Waals surface area contributed by atoms with E-state index in [2.05, 4.69) is 42.2 Å². The topological polar surface area (TPSA) is 20.3 Å². The van der Waals surface area contributed by atoms with E-state index < -0.39 is 0 Å². The second-order valence-electron chi connectivity index (χ2n) is 4.72. The Morgan fingerprint density at radius 2 is 1.88 bits per heavy atom. The van der Waals surface area contributed by atoms with Gasteiger partial charge in [0, 0.05) is 32.5 Å². The van der Waals surface area contributed by atoms with E-state index in [1.807, 2.05) is 6.07 Å². The summed E-state index contributed by atoms with van der Waals surface area (Å²) in [5.41, 5.74) is 2.60. The summed E-state index contributed by atoms with van der Waals surface area (Å²) in [6, 6.07) is 10.4. The third-order valence-corrected chi connectivity index (χ3v) is 3.10. The number of nitrogens with zero attached hydrogens (tertiary/aromatic N) is 1. The van der Waals surface area contributed by atoms with Crippen LogP contribution in [-0.4, -0.2) is 30.3 Å². The first-order valence-corrected chi connectivity index (χ1v) is 6.20. The Kier molecular flexibility index (Phi) is 4.10. The Morgan fingerprint density at radius 1 is 1.24 bits per heavy atom. The first-order chi connectivity index (χ1) is 8.24. The van der Waals surface area contributed by atoms with Crippen LogP contribution in [0.3, 0.4) is 0 Å². The molecule has 17 heavy (non-hydrogen) atoms. The van der Waals surface area contributed by atoms with Gasteiger partial charge in [0.15, 0.2) is 0 Å². The van der Waals surface area contributed by atoms with Gasteiger partial charge in [-0.25, -0.2) is 0 Å². The van der Waals surface area contributed by atoms with Gasteiger partial charge in [0.05, 0.1) is 0 Å². The van der Waals surface area contributed by atoms with Crippen LogP contribution in [0.25, 0.3) is 6.08 Å². The summed E-state index contributed by atoms with van der Waals surface area (Å²) in [6.45, 7) is 4.96. The molecule has 1 aliphatic heterocycles. The lowest BCUT2D eigenvalue weighted by atomic mass is 10.1. The highest BCUT2D eigenvalue weighted by Gasteiger charge is 2.15. The van der Waals surface area contributed by atoms with Crippen molar-refractivity contribution in [2.75, 3.05) is 19.6 Å². The lowest BCUT2D eigenvalue weighted by Crippen LogP contribution is -2.34. The van der Waals surface area contributed by atoms with Crippen LogP contribution in [0, 0.1) is 0 Å². The molecule has 1 fully saturated rings. The van der Waals surface area contributed by atoms with Gasteiger partial charge in [-0.2, -0.15) is 0 Å². The summed E-state index contributed by atoms with van der Waals surface area (Å²) in [5.74, 6) is 0.408. The van der Waals surface area contributed by atoms with Crippen LogP contribution < -0.4 is 0 Å². The largest absolute Gasteiger partial charge is 0.300 e. The molecule has 0 aromatic heterocycles. The van der Waals surface area contributed by atoms with Crippen LogP contribution in [0.1, 0.15) is 25.3 Å². The quantitative estimate of drug-likeness (QED) is 0.794. The van der Waals surface area contributed by atoms with E-state index in [-0.39, 0.29) is 0 Å². The molecule has 0 N–H and O–H groups in total. The fourth-order valence-electron chi connectivity index (χ4n) is 2.19. The van der Waals surface area contributed by atoms with Gasteiger partial charge >= 0.3 is 0 Å². The van der Waals surface area contributed by atoms with Gasteiger partial charge in [0.2, 0.25) is 0 Å². The van der Waals surface area contributed by atoms with Gasteiger partial charge < -0.3 is 0 Å². The first-order valence-electron chi connectivity index (χ1n) is 6.20. The number of benzene rings is 1. The Morgan fingerprint density at radius 3 is 2.53 bits per heavy atom. The average Bonchev–Trinajstić information content (AvgIpc) is 2.33. The van der Waals surface area contributed by atoms with E-state index >= 15 is 0 Å². The number of hydrogen-bond donors (Lipinski definition) is 0. The first kappa shape index (κ1) is 12.1. The molecule has 2 rings (SSSR count). The number of carbonyl (C=O) groups is 1. The second-order valence-corrected chi connectivity index (χ2v) is 4.72. The van der Waals surface area contributed by atoms with Crippen LogP contribution in [0.5, 0.6) is 0 Å². The zero-order valence-corrected chi connectivity index (χ0v) is 10.4. The molecule has 0 saturated carbocycles. The Bertz CT molecular complexity index is 398. The number of rotatable bonds is 3. The smallest absolute Gasteiger partial charge is 0.135 e. The van der Waals surface area contributed by atoms with Gasteiger partial charge in [-0.05, 0) is 12.5 Å². The van der Waals surface area contributed by atoms with Gasteiger partial charge in [-0.15, -0.1) is 0 Å². The summed E-state index contributed by atoms with van der Waals surface area (Å²) < 4.78 is 0. The van der Waals surface area contributed by atoms with Crippen molar-refractivity contribution in [3.8, 4) is 0 Å². The Hall–Kier alpha value is -1.41. The third-order valence-electron chi connectivity index (χ3n) is 3.10. The van der Waals surface area contributed by atoms with Crippen LogP contribution in [0.4, 0.5) is 0 Å². The predicted molar refractivity (Wildman–Crippen MR) is 70.8 cm³/mol. The van der Waals surface area contributed by atoms with Gasteiger partial charge in [-0.3, -0.25) is 9.69 Å². The molecule has 2 heteroatoms. The van der Waals surface area contributed by atoms with Gasteiger partial charge in [0.25, 0.3) is 0 Å². The highest BCUT2D eigenvalue weighted by molar-refractivity contribution is 5.79. The zero-order chi connectivity index (χ0) is 12.1. The molecular weight excluding hydrogens is 210 g/mol. The normalized spacial score (nSPS) is 18.4. The van der Waals surface area contributed by atoms with Crippen molar-refractivity contribution in [3.05, 3.63) is 41.5 Å². The molecule has 2 nitrogen and oxygen atoms in total. The number of hydrogen-bond acceptors (Lipinski definition) is 2. The van der Waals surface area contributed by atoms with Gasteiger partial charge in [-0.1, -0.05) is 42.0 Å². The second kappa shape index (κ2) is 5.78. The van der Waals surface area contributed by atoms with E-state index in [0.29, 0.717) is 5.78 Å². The molecule has 0 atom stereocenters. The molecule has 90 valence electrons.